The Morgan fingerprint density at radius 2 is 1.81 bits per heavy atom. The first-order valence-corrected chi connectivity index (χ1v) is 11.7. The number of nitrogens with zero attached hydrogens (tertiary/aromatic N) is 3. The van der Waals surface area contributed by atoms with Crippen LogP contribution in [0.15, 0.2) is 66.9 Å². The molecule has 4 rings (SSSR count). The van der Waals surface area contributed by atoms with Gasteiger partial charge in [0.2, 0.25) is 10.0 Å². The highest BCUT2D eigenvalue weighted by Gasteiger charge is 2.24. The molecule has 2 heterocycles. The van der Waals surface area contributed by atoms with E-state index in [1.165, 1.54) is 4.31 Å². The summed E-state index contributed by atoms with van der Waals surface area (Å²) in [5.74, 6) is -0.470. The molecule has 0 atom stereocenters. The van der Waals surface area contributed by atoms with Gasteiger partial charge in [0.25, 0.3) is 5.91 Å². The Bertz CT molecular complexity index is 1140. The molecular weight excluding hydrogens is 416 g/mol. The summed E-state index contributed by atoms with van der Waals surface area (Å²) in [6.07, 6.45) is 1.71. The molecule has 1 amide bonds. The smallest absolute Gasteiger partial charge is 0.251 e. The molecule has 1 saturated heterocycles. The SMILES string of the molecule is O=C(NCCS(=O)(=O)N1CCOCC1)c1cccc(-n2nccc2-c2ccccc2)c1. The van der Waals surface area contributed by atoms with Crippen molar-refractivity contribution in [3.63, 3.8) is 0 Å². The lowest BCUT2D eigenvalue weighted by Gasteiger charge is -2.26. The second kappa shape index (κ2) is 9.42. The van der Waals surface area contributed by atoms with Gasteiger partial charge in [-0.15, -0.1) is 0 Å². The molecule has 1 N–H and O–H groups in total. The van der Waals surface area contributed by atoms with Crippen LogP contribution in [0, 0.1) is 0 Å². The minimum atomic E-state index is -3.42. The first-order valence-electron chi connectivity index (χ1n) is 10.1. The first-order chi connectivity index (χ1) is 15.0. The zero-order valence-electron chi connectivity index (χ0n) is 17.0. The Morgan fingerprint density at radius 3 is 2.58 bits per heavy atom. The van der Waals surface area contributed by atoms with E-state index < -0.39 is 10.0 Å². The standard InChI is InChI=1S/C22H24N4O4S/c27-22(23-11-16-31(28,29)25-12-14-30-15-13-25)19-7-4-8-20(17-19)26-21(9-10-24-26)18-5-2-1-3-6-18/h1-10,17H,11-16H2,(H,23,27). The molecule has 8 nitrogen and oxygen atoms in total. The third-order valence-electron chi connectivity index (χ3n) is 5.07. The van der Waals surface area contributed by atoms with Crippen molar-refractivity contribution in [2.75, 3.05) is 38.6 Å². The van der Waals surface area contributed by atoms with Crippen LogP contribution in [-0.2, 0) is 14.8 Å². The summed E-state index contributed by atoms with van der Waals surface area (Å²) in [7, 11) is -3.42. The zero-order valence-corrected chi connectivity index (χ0v) is 17.8. The van der Waals surface area contributed by atoms with Crippen molar-refractivity contribution in [3.05, 3.63) is 72.4 Å². The van der Waals surface area contributed by atoms with Gasteiger partial charge in [-0.1, -0.05) is 36.4 Å². The van der Waals surface area contributed by atoms with E-state index in [0.29, 0.717) is 31.9 Å². The summed E-state index contributed by atoms with van der Waals surface area (Å²) in [5.41, 5.74) is 3.12. The van der Waals surface area contributed by atoms with Gasteiger partial charge in [-0.3, -0.25) is 4.79 Å². The lowest BCUT2D eigenvalue weighted by Crippen LogP contribution is -2.43. The van der Waals surface area contributed by atoms with Gasteiger partial charge in [-0.25, -0.2) is 13.1 Å². The van der Waals surface area contributed by atoms with Crippen molar-refractivity contribution >= 4 is 15.9 Å². The molecule has 1 aliphatic heterocycles. The molecule has 31 heavy (non-hydrogen) atoms. The van der Waals surface area contributed by atoms with Crippen molar-refractivity contribution in [1.82, 2.24) is 19.4 Å². The van der Waals surface area contributed by atoms with Gasteiger partial charge in [0.15, 0.2) is 0 Å². The van der Waals surface area contributed by atoms with E-state index in [1.54, 1.807) is 29.1 Å². The Hall–Kier alpha value is -3.01. The molecule has 1 aromatic heterocycles. The minimum Gasteiger partial charge on any atom is -0.379 e. The number of sulfonamides is 1. The van der Waals surface area contributed by atoms with Crippen molar-refractivity contribution in [2.45, 2.75) is 0 Å². The number of benzene rings is 2. The zero-order chi connectivity index (χ0) is 21.7. The van der Waals surface area contributed by atoms with Crippen LogP contribution in [0.1, 0.15) is 10.4 Å². The first kappa shape index (κ1) is 21.2. The van der Waals surface area contributed by atoms with Crippen molar-refractivity contribution in [2.24, 2.45) is 0 Å². The number of rotatable bonds is 7. The molecule has 1 fully saturated rings. The number of aromatic nitrogens is 2. The molecule has 9 heteroatoms. The minimum absolute atomic E-state index is 0.0415. The lowest BCUT2D eigenvalue weighted by atomic mass is 10.1. The number of carbonyl (C=O) groups is 1. The maximum atomic E-state index is 12.6. The third-order valence-corrected chi connectivity index (χ3v) is 6.95. The van der Waals surface area contributed by atoms with Crippen LogP contribution in [0.2, 0.25) is 0 Å². The Kier molecular flexibility index (Phi) is 6.45. The molecular formula is C22H24N4O4S. The van der Waals surface area contributed by atoms with Crippen LogP contribution < -0.4 is 5.32 Å². The summed E-state index contributed by atoms with van der Waals surface area (Å²) < 4.78 is 33.2. The highest BCUT2D eigenvalue weighted by Crippen LogP contribution is 2.22. The number of hydrogen-bond donors (Lipinski definition) is 1. The topological polar surface area (TPSA) is 93.5 Å². The second-order valence-electron chi connectivity index (χ2n) is 7.13. The molecule has 0 aliphatic carbocycles. The molecule has 0 radical (unpaired) electrons. The van der Waals surface area contributed by atoms with Crippen molar-refractivity contribution in [1.29, 1.82) is 0 Å². The second-order valence-corrected chi connectivity index (χ2v) is 9.22. The summed E-state index contributed by atoms with van der Waals surface area (Å²) in [6.45, 7) is 1.55. The molecule has 1 aliphatic rings. The Labute approximate surface area is 181 Å². The van der Waals surface area contributed by atoms with Gasteiger partial charge in [-0.2, -0.15) is 9.40 Å². The maximum absolute atomic E-state index is 12.6. The van der Waals surface area contributed by atoms with Crippen molar-refractivity contribution < 1.29 is 17.9 Å². The van der Waals surface area contributed by atoms with E-state index in [2.05, 4.69) is 10.4 Å². The molecule has 162 valence electrons. The number of ether oxygens (including phenoxy) is 1. The van der Waals surface area contributed by atoms with E-state index in [1.807, 2.05) is 42.5 Å². The Balaban J connectivity index is 1.43. The fraction of sp³-hybridized carbons (Fsp3) is 0.273. The van der Waals surface area contributed by atoms with Gasteiger partial charge in [0.1, 0.15) is 0 Å². The summed E-state index contributed by atoms with van der Waals surface area (Å²) in [4.78, 5) is 12.6. The molecule has 2 aromatic carbocycles. The predicted molar refractivity (Wildman–Crippen MR) is 118 cm³/mol. The predicted octanol–water partition coefficient (Wildman–Crippen LogP) is 1.93. The average Bonchev–Trinajstić information content (AvgIpc) is 3.30. The average molecular weight is 441 g/mol. The van der Waals surface area contributed by atoms with Crippen LogP contribution >= 0.6 is 0 Å². The maximum Gasteiger partial charge on any atom is 0.251 e. The quantitative estimate of drug-likeness (QED) is 0.606. The molecule has 0 saturated carbocycles. The van der Waals surface area contributed by atoms with E-state index in [4.69, 9.17) is 4.74 Å². The molecule has 3 aromatic rings. The van der Waals surface area contributed by atoms with Gasteiger partial charge >= 0.3 is 0 Å². The van der Waals surface area contributed by atoms with Crippen LogP contribution in [0.4, 0.5) is 0 Å². The van der Waals surface area contributed by atoms with Gasteiger partial charge in [0.05, 0.1) is 36.5 Å². The van der Waals surface area contributed by atoms with E-state index in [9.17, 15) is 13.2 Å². The number of hydrogen-bond acceptors (Lipinski definition) is 5. The summed E-state index contributed by atoms with van der Waals surface area (Å²) in [5, 5.41) is 7.11. The van der Waals surface area contributed by atoms with Crippen LogP contribution in [-0.4, -0.2) is 67.0 Å². The van der Waals surface area contributed by atoms with Crippen molar-refractivity contribution in [3.8, 4) is 16.9 Å². The number of nitrogens with one attached hydrogen (secondary N) is 1. The largest absolute Gasteiger partial charge is 0.379 e. The normalized spacial score (nSPS) is 15.0. The van der Waals surface area contributed by atoms with E-state index in [0.717, 1.165) is 16.9 Å². The van der Waals surface area contributed by atoms with Crippen LogP contribution in [0.3, 0.4) is 0 Å². The van der Waals surface area contributed by atoms with Gasteiger partial charge in [-0.05, 0) is 24.3 Å². The van der Waals surface area contributed by atoms with Gasteiger partial charge in [0, 0.05) is 30.8 Å². The van der Waals surface area contributed by atoms with E-state index in [-0.39, 0.29) is 18.2 Å². The van der Waals surface area contributed by atoms with Crippen LogP contribution in [0.25, 0.3) is 16.9 Å². The fourth-order valence-corrected chi connectivity index (χ4v) is 4.79. The lowest BCUT2D eigenvalue weighted by molar-refractivity contribution is 0.0730. The van der Waals surface area contributed by atoms with Crippen LogP contribution in [0.5, 0.6) is 0 Å². The molecule has 0 spiro atoms. The monoisotopic (exact) mass is 440 g/mol. The number of morpholine rings is 1. The Morgan fingerprint density at radius 1 is 1.03 bits per heavy atom. The molecule has 0 bridgehead atoms. The highest BCUT2D eigenvalue weighted by molar-refractivity contribution is 7.89. The third kappa shape index (κ3) is 5.01. The molecule has 0 unspecified atom stereocenters. The number of carbonyl (C=O) groups excluding carboxylic acids is 1. The fourth-order valence-electron chi connectivity index (χ4n) is 3.46. The van der Waals surface area contributed by atoms with E-state index >= 15 is 0 Å². The summed E-state index contributed by atoms with van der Waals surface area (Å²) in [6, 6.07) is 18.9. The highest BCUT2D eigenvalue weighted by atomic mass is 32.2. The van der Waals surface area contributed by atoms with Gasteiger partial charge < -0.3 is 10.1 Å². The summed E-state index contributed by atoms with van der Waals surface area (Å²) >= 11 is 0. The number of amides is 1.